The van der Waals surface area contributed by atoms with E-state index in [0.29, 0.717) is 19.4 Å². The topological polar surface area (TPSA) is 66.5 Å². The lowest BCUT2D eigenvalue weighted by molar-refractivity contribution is -0.136. The standard InChI is InChI=1S/C12H14N2O3S/c15-9(10-4-2-6-18-10)3-1-5-14-7-11(16)13-12(17)8-14/h2,4,6H,1,3,5,7-8H2,(H,13,16,17). The van der Waals surface area contributed by atoms with Gasteiger partial charge in [-0.3, -0.25) is 24.6 Å². The van der Waals surface area contributed by atoms with Crippen molar-refractivity contribution in [2.45, 2.75) is 12.8 Å². The molecule has 1 aromatic rings. The molecular formula is C12H14N2O3S. The van der Waals surface area contributed by atoms with Crippen molar-refractivity contribution < 1.29 is 14.4 Å². The summed E-state index contributed by atoms with van der Waals surface area (Å²) in [5.41, 5.74) is 0. The van der Waals surface area contributed by atoms with Crippen LogP contribution in [-0.2, 0) is 9.59 Å². The van der Waals surface area contributed by atoms with Crippen molar-refractivity contribution in [2.24, 2.45) is 0 Å². The van der Waals surface area contributed by atoms with E-state index in [1.54, 1.807) is 4.90 Å². The van der Waals surface area contributed by atoms with Gasteiger partial charge in [0.15, 0.2) is 5.78 Å². The average molecular weight is 266 g/mol. The monoisotopic (exact) mass is 266 g/mol. The van der Waals surface area contributed by atoms with E-state index >= 15 is 0 Å². The zero-order valence-corrected chi connectivity index (χ0v) is 10.7. The highest BCUT2D eigenvalue weighted by atomic mass is 32.1. The van der Waals surface area contributed by atoms with E-state index in [1.165, 1.54) is 11.3 Å². The number of carbonyl (C=O) groups is 3. The van der Waals surface area contributed by atoms with Crippen molar-refractivity contribution in [2.75, 3.05) is 19.6 Å². The smallest absolute Gasteiger partial charge is 0.240 e. The van der Waals surface area contributed by atoms with Gasteiger partial charge in [0.1, 0.15) is 0 Å². The lowest BCUT2D eigenvalue weighted by Gasteiger charge is -2.24. The van der Waals surface area contributed by atoms with Crippen molar-refractivity contribution >= 4 is 28.9 Å². The highest BCUT2D eigenvalue weighted by Gasteiger charge is 2.21. The summed E-state index contributed by atoms with van der Waals surface area (Å²) in [5.74, 6) is -0.413. The third-order valence-electron chi connectivity index (χ3n) is 2.69. The van der Waals surface area contributed by atoms with Crippen molar-refractivity contribution in [3.05, 3.63) is 22.4 Å². The molecule has 0 radical (unpaired) electrons. The molecule has 96 valence electrons. The van der Waals surface area contributed by atoms with Gasteiger partial charge in [0.2, 0.25) is 11.8 Å². The molecule has 1 aliphatic rings. The fourth-order valence-electron chi connectivity index (χ4n) is 1.88. The second kappa shape index (κ2) is 5.88. The molecule has 1 aliphatic heterocycles. The number of nitrogens with one attached hydrogen (secondary N) is 1. The Kier molecular flexibility index (Phi) is 4.22. The molecule has 0 aliphatic carbocycles. The highest BCUT2D eigenvalue weighted by molar-refractivity contribution is 7.12. The van der Waals surface area contributed by atoms with Crippen LogP contribution in [0.5, 0.6) is 0 Å². The maximum atomic E-state index is 11.7. The summed E-state index contributed by atoms with van der Waals surface area (Å²) in [7, 11) is 0. The molecule has 0 saturated carbocycles. The van der Waals surface area contributed by atoms with Crippen molar-refractivity contribution in [1.29, 1.82) is 0 Å². The van der Waals surface area contributed by atoms with Crippen LogP contribution in [0.4, 0.5) is 0 Å². The summed E-state index contributed by atoms with van der Waals surface area (Å²) in [6.07, 6.45) is 1.12. The van der Waals surface area contributed by atoms with E-state index in [1.807, 2.05) is 17.5 Å². The number of rotatable bonds is 5. The summed E-state index contributed by atoms with van der Waals surface area (Å²) >= 11 is 1.44. The summed E-state index contributed by atoms with van der Waals surface area (Å²) in [6.45, 7) is 1.06. The summed E-state index contributed by atoms with van der Waals surface area (Å²) in [6, 6.07) is 3.66. The first-order valence-electron chi connectivity index (χ1n) is 5.77. The number of Topliss-reactive ketones (excluding diaryl/α,β-unsaturated/α-hetero) is 1. The fraction of sp³-hybridized carbons (Fsp3) is 0.417. The predicted molar refractivity (Wildman–Crippen MR) is 67.5 cm³/mol. The molecule has 6 heteroatoms. The summed E-state index contributed by atoms with van der Waals surface area (Å²) < 4.78 is 0. The van der Waals surface area contributed by atoms with Crippen LogP contribution in [0.25, 0.3) is 0 Å². The number of ketones is 1. The van der Waals surface area contributed by atoms with Gasteiger partial charge in [-0.25, -0.2) is 0 Å². The zero-order chi connectivity index (χ0) is 13.0. The fourth-order valence-corrected chi connectivity index (χ4v) is 2.57. The average Bonchev–Trinajstić information content (AvgIpc) is 2.80. The predicted octanol–water partition coefficient (Wildman–Crippen LogP) is 0.669. The zero-order valence-electron chi connectivity index (χ0n) is 9.85. The Bertz CT molecular complexity index is 440. The van der Waals surface area contributed by atoms with Crippen molar-refractivity contribution in [3.8, 4) is 0 Å². The number of piperazine rings is 1. The molecule has 2 amide bonds. The van der Waals surface area contributed by atoms with Crippen molar-refractivity contribution in [1.82, 2.24) is 10.2 Å². The number of hydrogen-bond acceptors (Lipinski definition) is 5. The maximum absolute atomic E-state index is 11.7. The van der Waals surface area contributed by atoms with Gasteiger partial charge in [-0.15, -0.1) is 11.3 Å². The van der Waals surface area contributed by atoms with Crippen LogP contribution in [0.15, 0.2) is 17.5 Å². The lowest BCUT2D eigenvalue weighted by atomic mass is 10.2. The van der Waals surface area contributed by atoms with Gasteiger partial charge >= 0.3 is 0 Å². The number of hydrogen-bond donors (Lipinski definition) is 1. The largest absolute Gasteiger partial charge is 0.294 e. The van der Waals surface area contributed by atoms with Gasteiger partial charge in [0.25, 0.3) is 0 Å². The van der Waals surface area contributed by atoms with Gasteiger partial charge in [-0.1, -0.05) is 6.07 Å². The van der Waals surface area contributed by atoms with Crippen LogP contribution in [0.1, 0.15) is 22.5 Å². The van der Waals surface area contributed by atoms with Gasteiger partial charge < -0.3 is 0 Å². The Hall–Kier alpha value is -1.53. The van der Waals surface area contributed by atoms with Crippen LogP contribution in [0, 0.1) is 0 Å². The first kappa shape index (κ1) is 12.9. The molecule has 0 aromatic carbocycles. The third-order valence-corrected chi connectivity index (χ3v) is 3.60. The van der Waals surface area contributed by atoms with Crippen LogP contribution >= 0.6 is 11.3 Å². The van der Waals surface area contributed by atoms with Crippen LogP contribution in [-0.4, -0.2) is 42.1 Å². The van der Waals surface area contributed by atoms with Crippen LogP contribution < -0.4 is 5.32 Å². The van der Waals surface area contributed by atoms with Crippen LogP contribution in [0.2, 0.25) is 0 Å². The number of amides is 2. The SMILES string of the molecule is O=C1CN(CCCC(=O)c2cccs2)CC(=O)N1. The minimum Gasteiger partial charge on any atom is -0.294 e. The number of thiophene rings is 1. The molecule has 1 N–H and O–H groups in total. The van der Waals surface area contributed by atoms with Gasteiger partial charge in [-0.2, -0.15) is 0 Å². The van der Waals surface area contributed by atoms with Crippen molar-refractivity contribution in [3.63, 3.8) is 0 Å². The first-order valence-corrected chi connectivity index (χ1v) is 6.65. The molecule has 18 heavy (non-hydrogen) atoms. The molecule has 1 aromatic heterocycles. The normalized spacial score (nSPS) is 16.7. The van der Waals surface area contributed by atoms with Gasteiger partial charge in [0.05, 0.1) is 18.0 Å². The quantitative estimate of drug-likeness (QED) is 0.628. The minimum absolute atomic E-state index is 0.123. The highest BCUT2D eigenvalue weighted by Crippen LogP contribution is 2.12. The summed E-state index contributed by atoms with van der Waals surface area (Å²) in [5, 5.41) is 4.12. The Morgan fingerprint density at radius 3 is 2.67 bits per heavy atom. The van der Waals surface area contributed by atoms with Gasteiger partial charge in [-0.05, 0) is 24.4 Å². The summed E-state index contributed by atoms with van der Waals surface area (Å²) in [4.78, 5) is 36.5. The van der Waals surface area contributed by atoms with E-state index in [2.05, 4.69) is 5.32 Å². The van der Waals surface area contributed by atoms with E-state index < -0.39 is 0 Å². The molecule has 0 unspecified atom stereocenters. The molecule has 5 nitrogen and oxygen atoms in total. The van der Waals surface area contributed by atoms with Gasteiger partial charge in [0, 0.05) is 6.42 Å². The molecule has 2 heterocycles. The second-order valence-electron chi connectivity index (χ2n) is 4.19. The molecular weight excluding hydrogens is 252 g/mol. The van der Waals surface area contributed by atoms with E-state index in [-0.39, 0.29) is 30.7 Å². The number of carbonyl (C=O) groups excluding carboxylic acids is 3. The molecule has 2 rings (SSSR count). The maximum Gasteiger partial charge on any atom is 0.240 e. The van der Waals surface area contributed by atoms with E-state index in [4.69, 9.17) is 0 Å². The Labute approximate surface area is 109 Å². The molecule has 1 saturated heterocycles. The molecule has 0 atom stereocenters. The Balaban J connectivity index is 1.74. The lowest BCUT2D eigenvalue weighted by Crippen LogP contribution is -2.51. The van der Waals surface area contributed by atoms with Crippen LogP contribution in [0.3, 0.4) is 0 Å². The molecule has 0 spiro atoms. The second-order valence-corrected chi connectivity index (χ2v) is 5.13. The number of imide groups is 1. The van der Waals surface area contributed by atoms with E-state index in [0.717, 1.165) is 4.88 Å². The first-order chi connectivity index (χ1) is 8.65. The Morgan fingerprint density at radius 1 is 1.33 bits per heavy atom. The number of nitrogens with zero attached hydrogens (tertiary/aromatic N) is 1. The third kappa shape index (κ3) is 3.48. The van der Waals surface area contributed by atoms with E-state index in [9.17, 15) is 14.4 Å². The molecule has 1 fully saturated rings. The Morgan fingerprint density at radius 2 is 2.06 bits per heavy atom. The molecule has 0 bridgehead atoms. The minimum atomic E-state index is -0.268.